The molecular formula is C12H25NO3. The van der Waals surface area contributed by atoms with Gasteiger partial charge in [-0.3, -0.25) is 0 Å². The summed E-state index contributed by atoms with van der Waals surface area (Å²) in [6.07, 6.45) is 1.49. The zero-order valence-corrected chi connectivity index (χ0v) is 10.5. The van der Waals surface area contributed by atoms with Gasteiger partial charge in [-0.1, -0.05) is 0 Å². The van der Waals surface area contributed by atoms with Gasteiger partial charge in [0, 0.05) is 19.7 Å². The maximum absolute atomic E-state index is 5.43. The lowest BCUT2D eigenvalue weighted by Crippen LogP contribution is -2.27. The SMILES string of the molecule is CC(C)OCCOCCNCC1CCOC1. The molecule has 4 heteroatoms. The molecule has 1 N–H and O–H groups in total. The van der Waals surface area contributed by atoms with Crippen molar-refractivity contribution >= 4 is 0 Å². The van der Waals surface area contributed by atoms with Crippen LogP contribution in [0.4, 0.5) is 0 Å². The van der Waals surface area contributed by atoms with Gasteiger partial charge in [0.05, 0.1) is 32.5 Å². The van der Waals surface area contributed by atoms with Crippen molar-refractivity contribution in [3.63, 3.8) is 0 Å². The van der Waals surface area contributed by atoms with E-state index in [0.29, 0.717) is 25.2 Å². The summed E-state index contributed by atoms with van der Waals surface area (Å²) in [4.78, 5) is 0. The van der Waals surface area contributed by atoms with Gasteiger partial charge in [0.2, 0.25) is 0 Å². The van der Waals surface area contributed by atoms with E-state index in [1.165, 1.54) is 6.42 Å². The van der Waals surface area contributed by atoms with Crippen LogP contribution in [0.25, 0.3) is 0 Å². The first-order chi connectivity index (χ1) is 7.79. The van der Waals surface area contributed by atoms with Crippen LogP contribution in [0.15, 0.2) is 0 Å². The third-order valence-corrected chi connectivity index (χ3v) is 2.56. The van der Waals surface area contributed by atoms with Crippen molar-refractivity contribution in [1.82, 2.24) is 5.32 Å². The normalized spacial score (nSPS) is 20.8. The highest BCUT2D eigenvalue weighted by Crippen LogP contribution is 2.10. The third-order valence-electron chi connectivity index (χ3n) is 2.56. The first-order valence-corrected chi connectivity index (χ1v) is 6.27. The quantitative estimate of drug-likeness (QED) is 0.602. The predicted octanol–water partition coefficient (Wildman–Crippen LogP) is 1.05. The van der Waals surface area contributed by atoms with Crippen LogP contribution in [0.3, 0.4) is 0 Å². The van der Waals surface area contributed by atoms with Crippen LogP contribution < -0.4 is 5.32 Å². The van der Waals surface area contributed by atoms with E-state index in [1.54, 1.807) is 0 Å². The second-order valence-electron chi connectivity index (χ2n) is 4.47. The van der Waals surface area contributed by atoms with Gasteiger partial charge < -0.3 is 19.5 Å². The van der Waals surface area contributed by atoms with Gasteiger partial charge >= 0.3 is 0 Å². The largest absolute Gasteiger partial charge is 0.381 e. The first-order valence-electron chi connectivity index (χ1n) is 6.27. The average molecular weight is 231 g/mol. The van der Waals surface area contributed by atoms with Gasteiger partial charge in [-0.15, -0.1) is 0 Å². The molecule has 0 aromatic carbocycles. The lowest BCUT2D eigenvalue weighted by Gasteiger charge is -2.10. The predicted molar refractivity (Wildman–Crippen MR) is 63.7 cm³/mol. The van der Waals surface area contributed by atoms with Crippen molar-refractivity contribution in [1.29, 1.82) is 0 Å². The van der Waals surface area contributed by atoms with E-state index in [9.17, 15) is 0 Å². The number of hydrogen-bond donors (Lipinski definition) is 1. The van der Waals surface area contributed by atoms with Crippen LogP contribution in [0, 0.1) is 5.92 Å². The topological polar surface area (TPSA) is 39.7 Å². The molecule has 0 aromatic heterocycles. The van der Waals surface area contributed by atoms with Crippen molar-refractivity contribution in [2.24, 2.45) is 5.92 Å². The van der Waals surface area contributed by atoms with E-state index in [-0.39, 0.29) is 0 Å². The van der Waals surface area contributed by atoms with E-state index >= 15 is 0 Å². The Bertz CT molecular complexity index is 158. The number of nitrogens with one attached hydrogen (secondary N) is 1. The lowest BCUT2D eigenvalue weighted by molar-refractivity contribution is 0.0203. The Balaban J connectivity index is 1.74. The number of rotatable bonds is 9. The highest BCUT2D eigenvalue weighted by atomic mass is 16.5. The molecule has 1 heterocycles. The fourth-order valence-electron chi connectivity index (χ4n) is 1.64. The van der Waals surface area contributed by atoms with Crippen LogP contribution in [0.2, 0.25) is 0 Å². The maximum Gasteiger partial charge on any atom is 0.0703 e. The molecule has 0 amide bonds. The molecule has 0 aliphatic carbocycles. The molecule has 16 heavy (non-hydrogen) atoms. The Morgan fingerprint density at radius 2 is 2.19 bits per heavy atom. The summed E-state index contributed by atoms with van der Waals surface area (Å²) < 4.78 is 16.1. The van der Waals surface area contributed by atoms with Gasteiger partial charge in [-0.05, 0) is 26.2 Å². The molecule has 4 nitrogen and oxygen atoms in total. The summed E-state index contributed by atoms with van der Waals surface area (Å²) in [7, 11) is 0. The summed E-state index contributed by atoms with van der Waals surface area (Å²) in [5, 5.41) is 3.38. The van der Waals surface area contributed by atoms with Gasteiger partial charge in [0.15, 0.2) is 0 Å². The molecule has 96 valence electrons. The van der Waals surface area contributed by atoms with Gasteiger partial charge in [-0.25, -0.2) is 0 Å². The summed E-state index contributed by atoms with van der Waals surface area (Å²) in [6.45, 7) is 10.0. The molecule has 0 bridgehead atoms. The van der Waals surface area contributed by atoms with E-state index in [0.717, 1.165) is 32.9 Å². The van der Waals surface area contributed by atoms with E-state index in [2.05, 4.69) is 5.32 Å². The third kappa shape index (κ3) is 7.17. The fraction of sp³-hybridized carbons (Fsp3) is 1.00. The van der Waals surface area contributed by atoms with E-state index in [1.807, 2.05) is 13.8 Å². The molecule has 1 aliphatic heterocycles. The Kier molecular flexibility index (Phi) is 7.76. The monoisotopic (exact) mass is 231 g/mol. The van der Waals surface area contributed by atoms with E-state index in [4.69, 9.17) is 14.2 Å². The van der Waals surface area contributed by atoms with Crippen molar-refractivity contribution < 1.29 is 14.2 Å². The van der Waals surface area contributed by atoms with Gasteiger partial charge in [0.1, 0.15) is 0 Å². The standard InChI is InChI=1S/C12H25NO3/c1-11(2)16-8-7-14-6-4-13-9-12-3-5-15-10-12/h11-13H,3-10H2,1-2H3. The summed E-state index contributed by atoms with van der Waals surface area (Å²) in [6, 6.07) is 0. The molecule has 1 unspecified atom stereocenters. The van der Waals surface area contributed by atoms with Crippen LogP contribution in [0.5, 0.6) is 0 Å². The summed E-state index contributed by atoms with van der Waals surface area (Å²) in [5.74, 6) is 0.698. The van der Waals surface area contributed by atoms with Crippen LogP contribution in [-0.4, -0.2) is 52.2 Å². The Labute approximate surface area is 98.6 Å². The molecule has 1 saturated heterocycles. The molecule has 0 saturated carbocycles. The minimum absolute atomic E-state index is 0.295. The smallest absolute Gasteiger partial charge is 0.0703 e. The van der Waals surface area contributed by atoms with Crippen molar-refractivity contribution in [2.45, 2.75) is 26.4 Å². The van der Waals surface area contributed by atoms with Gasteiger partial charge in [-0.2, -0.15) is 0 Å². The molecule has 1 rings (SSSR count). The van der Waals surface area contributed by atoms with Crippen molar-refractivity contribution in [2.75, 3.05) is 46.1 Å². The van der Waals surface area contributed by atoms with Crippen LogP contribution in [-0.2, 0) is 14.2 Å². The molecule has 0 spiro atoms. The molecular weight excluding hydrogens is 206 g/mol. The summed E-state index contributed by atoms with van der Waals surface area (Å²) >= 11 is 0. The minimum atomic E-state index is 0.295. The highest BCUT2D eigenvalue weighted by molar-refractivity contribution is 4.66. The number of ether oxygens (including phenoxy) is 3. The molecule has 1 atom stereocenters. The second-order valence-corrected chi connectivity index (χ2v) is 4.47. The lowest BCUT2D eigenvalue weighted by atomic mass is 10.1. The molecule has 1 fully saturated rings. The Hall–Kier alpha value is -0.160. The van der Waals surface area contributed by atoms with Crippen molar-refractivity contribution in [3.8, 4) is 0 Å². The zero-order chi connectivity index (χ0) is 11.6. The van der Waals surface area contributed by atoms with Gasteiger partial charge in [0.25, 0.3) is 0 Å². The number of hydrogen-bond acceptors (Lipinski definition) is 4. The minimum Gasteiger partial charge on any atom is -0.381 e. The van der Waals surface area contributed by atoms with E-state index < -0.39 is 0 Å². The molecule has 0 radical (unpaired) electrons. The molecule has 1 aliphatic rings. The van der Waals surface area contributed by atoms with Crippen LogP contribution in [0.1, 0.15) is 20.3 Å². The molecule has 0 aromatic rings. The first kappa shape index (κ1) is 13.9. The zero-order valence-electron chi connectivity index (χ0n) is 10.5. The fourth-order valence-corrected chi connectivity index (χ4v) is 1.64. The summed E-state index contributed by atoms with van der Waals surface area (Å²) in [5.41, 5.74) is 0. The maximum atomic E-state index is 5.43. The average Bonchev–Trinajstić information content (AvgIpc) is 2.74. The Morgan fingerprint density at radius 1 is 1.31 bits per heavy atom. The second kappa shape index (κ2) is 8.93. The van der Waals surface area contributed by atoms with Crippen LogP contribution >= 0.6 is 0 Å². The Morgan fingerprint density at radius 3 is 2.88 bits per heavy atom. The van der Waals surface area contributed by atoms with Crippen molar-refractivity contribution in [3.05, 3.63) is 0 Å². The highest BCUT2D eigenvalue weighted by Gasteiger charge is 2.14.